The smallest absolute Gasteiger partial charge is 0.338 e. The number of halogens is 2. The third-order valence-corrected chi connectivity index (χ3v) is 1.91. The highest BCUT2D eigenvalue weighted by Crippen LogP contribution is 2.15. The molecular formula is C12H10F2O3. The van der Waals surface area contributed by atoms with Gasteiger partial charge in [-0.2, -0.15) is 0 Å². The van der Waals surface area contributed by atoms with E-state index in [1.54, 1.807) is 0 Å². The van der Waals surface area contributed by atoms with Gasteiger partial charge in [0, 0.05) is 6.42 Å². The van der Waals surface area contributed by atoms with Crippen molar-refractivity contribution in [2.75, 3.05) is 13.7 Å². The molecule has 17 heavy (non-hydrogen) atoms. The quantitative estimate of drug-likeness (QED) is 0.629. The van der Waals surface area contributed by atoms with Crippen molar-refractivity contribution in [3.05, 3.63) is 34.9 Å². The Kier molecular flexibility index (Phi) is 4.61. The Bertz CT molecular complexity index is 463. The Morgan fingerprint density at radius 1 is 1.41 bits per heavy atom. The molecule has 0 unspecified atom stereocenters. The first kappa shape index (κ1) is 13.1. The lowest BCUT2D eigenvalue weighted by Gasteiger charge is -2.02. The van der Waals surface area contributed by atoms with Gasteiger partial charge in [0.2, 0.25) is 0 Å². The second-order valence-electron chi connectivity index (χ2n) is 3.08. The molecule has 0 bridgehead atoms. The standard InChI is InChI=1S/C12H10F2O3/c1-17-12(16)8-6-10(13)9(11(14)7-8)4-2-3-5-15/h6-7,15H,3,5H2,1H3. The van der Waals surface area contributed by atoms with Crippen LogP contribution >= 0.6 is 0 Å². The van der Waals surface area contributed by atoms with Crippen LogP contribution in [0.15, 0.2) is 12.1 Å². The number of hydrogen-bond acceptors (Lipinski definition) is 3. The van der Waals surface area contributed by atoms with Gasteiger partial charge in [-0.3, -0.25) is 0 Å². The molecule has 0 heterocycles. The zero-order valence-corrected chi connectivity index (χ0v) is 9.09. The van der Waals surface area contributed by atoms with Crippen molar-refractivity contribution in [1.82, 2.24) is 0 Å². The average Bonchev–Trinajstić information content (AvgIpc) is 2.31. The molecule has 0 aliphatic heterocycles. The molecule has 0 saturated heterocycles. The van der Waals surface area contributed by atoms with Crippen LogP contribution in [0.1, 0.15) is 22.3 Å². The van der Waals surface area contributed by atoms with Gasteiger partial charge in [-0.05, 0) is 12.1 Å². The van der Waals surface area contributed by atoms with Gasteiger partial charge < -0.3 is 9.84 Å². The first-order valence-corrected chi connectivity index (χ1v) is 4.77. The topological polar surface area (TPSA) is 46.5 Å². The Balaban J connectivity index is 3.12. The second-order valence-corrected chi connectivity index (χ2v) is 3.08. The third-order valence-electron chi connectivity index (χ3n) is 1.91. The summed E-state index contributed by atoms with van der Waals surface area (Å²) in [6.07, 6.45) is 0.123. The molecule has 0 fully saturated rings. The number of carbonyl (C=O) groups is 1. The number of hydrogen-bond donors (Lipinski definition) is 1. The van der Waals surface area contributed by atoms with Crippen molar-refractivity contribution in [2.24, 2.45) is 0 Å². The lowest BCUT2D eigenvalue weighted by molar-refractivity contribution is 0.0599. The molecule has 0 atom stereocenters. The summed E-state index contributed by atoms with van der Waals surface area (Å²) in [5.74, 6) is 1.96. The lowest BCUT2D eigenvalue weighted by atomic mass is 10.1. The maximum Gasteiger partial charge on any atom is 0.338 e. The molecular weight excluding hydrogens is 230 g/mol. The number of benzene rings is 1. The molecule has 3 nitrogen and oxygen atoms in total. The fourth-order valence-corrected chi connectivity index (χ4v) is 1.14. The minimum Gasteiger partial charge on any atom is -0.465 e. The second kappa shape index (κ2) is 5.97. The van der Waals surface area contributed by atoms with E-state index in [-0.39, 0.29) is 18.6 Å². The van der Waals surface area contributed by atoms with E-state index >= 15 is 0 Å². The molecule has 0 aliphatic carbocycles. The van der Waals surface area contributed by atoms with Crippen LogP contribution in [0.5, 0.6) is 0 Å². The fraction of sp³-hybridized carbons (Fsp3) is 0.250. The Labute approximate surface area is 97.0 Å². The van der Waals surface area contributed by atoms with E-state index in [4.69, 9.17) is 5.11 Å². The Hall–Kier alpha value is -1.93. The molecule has 90 valence electrons. The summed E-state index contributed by atoms with van der Waals surface area (Å²) < 4.78 is 31.2. The molecule has 0 aliphatic rings. The summed E-state index contributed by atoms with van der Waals surface area (Å²) in [6.45, 7) is -0.184. The van der Waals surface area contributed by atoms with Crippen molar-refractivity contribution in [1.29, 1.82) is 0 Å². The Morgan fingerprint density at radius 3 is 2.47 bits per heavy atom. The maximum atomic E-state index is 13.4. The van der Waals surface area contributed by atoms with Gasteiger partial charge in [0.1, 0.15) is 11.6 Å². The maximum absolute atomic E-state index is 13.4. The van der Waals surface area contributed by atoms with Crippen LogP contribution in [-0.2, 0) is 4.74 Å². The molecule has 0 aromatic heterocycles. The minimum absolute atomic E-state index is 0.123. The van der Waals surface area contributed by atoms with Gasteiger partial charge in [0.15, 0.2) is 0 Å². The highest BCUT2D eigenvalue weighted by molar-refractivity contribution is 5.89. The lowest BCUT2D eigenvalue weighted by Crippen LogP contribution is -2.04. The summed E-state index contributed by atoms with van der Waals surface area (Å²) in [7, 11) is 1.12. The number of aliphatic hydroxyl groups excluding tert-OH is 1. The van der Waals surface area contributed by atoms with Crippen molar-refractivity contribution < 1.29 is 23.4 Å². The summed E-state index contributed by atoms with van der Waals surface area (Å²) >= 11 is 0. The van der Waals surface area contributed by atoms with Crippen LogP contribution in [-0.4, -0.2) is 24.8 Å². The van der Waals surface area contributed by atoms with E-state index in [0.29, 0.717) is 0 Å². The Morgan fingerprint density at radius 2 is 2.00 bits per heavy atom. The van der Waals surface area contributed by atoms with Gasteiger partial charge in [0.05, 0.1) is 24.8 Å². The molecule has 0 saturated carbocycles. The van der Waals surface area contributed by atoms with Crippen LogP contribution in [0.3, 0.4) is 0 Å². The van der Waals surface area contributed by atoms with E-state index < -0.39 is 23.2 Å². The molecule has 0 radical (unpaired) electrons. The van der Waals surface area contributed by atoms with E-state index in [0.717, 1.165) is 19.2 Å². The zero-order chi connectivity index (χ0) is 12.8. The average molecular weight is 240 g/mol. The monoisotopic (exact) mass is 240 g/mol. The number of ether oxygens (including phenoxy) is 1. The van der Waals surface area contributed by atoms with Crippen LogP contribution in [0.2, 0.25) is 0 Å². The summed E-state index contributed by atoms with van der Waals surface area (Å²) in [4.78, 5) is 11.1. The number of rotatable bonds is 2. The van der Waals surface area contributed by atoms with Crippen molar-refractivity contribution in [2.45, 2.75) is 6.42 Å². The summed E-state index contributed by atoms with van der Waals surface area (Å²) in [6, 6.07) is 1.72. The SMILES string of the molecule is COC(=O)c1cc(F)c(C#CCCO)c(F)c1. The van der Waals surface area contributed by atoms with Gasteiger partial charge in [-0.15, -0.1) is 0 Å². The minimum atomic E-state index is -0.934. The molecule has 1 aromatic carbocycles. The predicted octanol–water partition coefficient (Wildman–Crippen LogP) is 1.49. The first-order valence-electron chi connectivity index (χ1n) is 4.77. The van der Waals surface area contributed by atoms with Crippen molar-refractivity contribution >= 4 is 5.97 Å². The van der Waals surface area contributed by atoms with Gasteiger partial charge in [0.25, 0.3) is 0 Å². The van der Waals surface area contributed by atoms with Gasteiger partial charge in [-0.1, -0.05) is 11.8 Å². The molecule has 0 spiro atoms. The van der Waals surface area contributed by atoms with Crippen molar-refractivity contribution in [3.8, 4) is 11.8 Å². The normalized spacial score (nSPS) is 9.41. The van der Waals surface area contributed by atoms with Gasteiger partial charge >= 0.3 is 5.97 Å². The number of aliphatic hydroxyl groups is 1. The molecule has 1 N–H and O–H groups in total. The molecule has 1 aromatic rings. The summed E-state index contributed by atoms with van der Waals surface area (Å²) in [5.41, 5.74) is -0.638. The van der Waals surface area contributed by atoms with Crippen LogP contribution < -0.4 is 0 Å². The van der Waals surface area contributed by atoms with Crippen LogP contribution in [0, 0.1) is 23.5 Å². The number of methoxy groups -OCH3 is 1. The van der Waals surface area contributed by atoms with E-state index in [1.807, 2.05) is 0 Å². The molecule has 1 rings (SSSR count). The predicted molar refractivity (Wildman–Crippen MR) is 56.3 cm³/mol. The molecule has 0 amide bonds. The highest BCUT2D eigenvalue weighted by atomic mass is 19.1. The number of esters is 1. The van der Waals surface area contributed by atoms with Crippen LogP contribution in [0.4, 0.5) is 8.78 Å². The fourth-order valence-electron chi connectivity index (χ4n) is 1.14. The largest absolute Gasteiger partial charge is 0.465 e. The number of carbonyl (C=O) groups excluding carboxylic acids is 1. The van der Waals surface area contributed by atoms with E-state index in [1.165, 1.54) is 0 Å². The zero-order valence-electron chi connectivity index (χ0n) is 9.09. The van der Waals surface area contributed by atoms with E-state index in [9.17, 15) is 13.6 Å². The van der Waals surface area contributed by atoms with Crippen molar-refractivity contribution in [3.63, 3.8) is 0 Å². The van der Waals surface area contributed by atoms with Crippen LogP contribution in [0.25, 0.3) is 0 Å². The van der Waals surface area contributed by atoms with Gasteiger partial charge in [-0.25, -0.2) is 13.6 Å². The first-order chi connectivity index (χ1) is 8.10. The van der Waals surface area contributed by atoms with E-state index in [2.05, 4.69) is 16.6 Å². The summed E-state index contributed by atoms with van der Waals surface area (Å²) in [5, 5.41) is 8.48. The molecule has 5 heteroatoms. The third kappa shape index (κ3) is 3.26. The highest BCUT2D eigenvalue weighted by Gasteiger charge is 2.13.